The fraction of sp³-hybridized carbons (Fsp3) is 0.545. The fourth-order valence-corrected chi connectivity index (χ4v) is 4.53. The molecule has 2 heterocycles. The second kappa shape index (κ2) is 7.85. The Morgan fingerprint density at radius 3 is 2.81 bits per heavy atom. The summed E-state index contributed by atoms with van der Waals surface area (Å²) in [5, 5.41) is 7.84. The molecule has 4 rings (SSSR count). The van der Waals surface area contributed by atoms with E-state index in [-0.39, 0.29) is 11.9 Å². The standard InChI is InChI=1S/C22H30N4O/c1-16-15-23-26(20-9-5-7-18-6-3-4-8-19(18)20)22(16)24-21(27)14-17-10-12-25(2)13-11-17/h3-4,6,8,15,17,20H,5,7,9-14H2,1-2H3,(H,24,27). The molecule has 2 aliphatic rings. The van der Waals surface area contributed by atoms with Gasteiger partial charge >= 0.3 is 0 Å². The summed E-state index contributed by atoms with van der Waals surface area (Å²) in [5.41, 5.74) is 3.79. The van der Waals surface area contributed by atoms with Crippen LogP contribution in [0.3, 0.4) is 0 Å². The summed E-state index contributed by atoms with van der Waals surface area (Å²) in [7, 11) is 2.15. The average molecular weight is 367 g/mol. The first-order valence-corrected chi connectivity index (χ1v) is 10.2. The number of piperidine rings is 1. The van der Waals surface area contributed by atoms with Gasteiger partial charge in [0.05, 0.1) is 12.2 Å². The van der Waals surface area contributed by atoms with Crippen LogP contribution in [0.5, 0.6) is 0 Å². The van der Waals surface area contributed by atoms with Crippen molar-refractivity contribution in [2.75, 3.05) is 25.5 Å². The van der Waals surface area contributed by atoms with E-state index < -0.39 is 0 Å². The average Bonchev–Trinajstić information content (AvgIpc) is 3.03. The molecule has 1 fully saturated rings. The van der Waals surface area contributed by atoms with E-state index in [1.807, 2.05) is 17.8 Å². The van der Waals surface area contributed by atoms with Crippen molar-refractivity contribution in [1.29, 1.82) is 0 Å². The number of aromatic nitrogens is 2. The highest BCUT2D eigenvalue weighted by molar-refractivity contribution is 5.90. The lowest BCUT2D eigenvalue weighted by Crippen LogP contribution is -2.32. The van der Waals surface area contributed by atoms with E-state index in [0.717, 1.165) is 56.6 Å². The first kappa shape index (κ1) is 18.2. The van der Waals surface area contributed by atoms with Crippen molar-refractivity contribution < 1.29 is 4.79 Å². The third-order valence-electron chi connectivity index (χ3n) is 6.18. The molecule has 1 unspecified atom stereocenters. The quantitative estimate of drug-likeness (QED) is 0.896. The Kier molecular flexibility index (Phi) is 5.30. The molecule has 27 heavy (non-hydrogen) atoms. The van der Waals surface area contributed by atoms with Crippen LogP contribution in [0.1, 0.15) is 54.8 Å². The Balaban J connectivity index is 1.50. The minimum atomic E-state index is 0.124. The van der Waals surface area contributed by atoms with Gasteiger partial charge in [0, 0.05) is 12.0 Å². The monoisotopic (exact) mass is 366 g/mol. The van der Waals surface area contributed by atoms with Gasteiger partial charge < -0.3 is 10.2 Å². The molecule has 1 aliphatic carbocycles. The molecule has 5 heteroatoms. The molecular formula is C22H30N4O. The molecule has 1 aromatic carbocycles. The number of rotatable bonds is 4. The fourth-order valence-electron chi connectivity index (χ4n) is 4.53. The number of carbonyl (C=O) groups excluding carboxylic acids is 1. The van der Waals surface area contributed by atoms with Crippen LogP contribution in [0.15, 0.2) is 30.5 Å². The van der Waals surface area contributed by atoms with Gasteiger partial charge in [-0.2, -0.15) is 5.10 Å². The van der Waals surface area contributed by atoms with Gasteiger partial charge in [-0.05, 0) is 76.2 Å². The van der Waals surface area contributed by atoms with E-state index in [0.29, 0.717) is 12.3 Å². The maximum atomic E-state index is 12.7. The van der Waals surface area contributed by atoms with Crippen LogP contribution < -0.4 is 5.32 Å². The van der Waals surface area contributed by atoms with Crippen molar-refractivity contribution >= 4 is 11.7 Å². The van der Waals surface area contributed by atoms with Gasteiger partial charge in [-0.25, -0.2) is 4.68 Å². The van der Waals surface area contributed by atoms with E-state index in [1.165, 1.54) is 11.1 Å². The van der Waals surface area contributed by atoms with E-state index in [9.17, 15) is 4.79 Å². The zero-order chi connectivity index (χ0) is 18.8. The first-order valence-electron chi connectivity index (χ1n) is 10.2. The largest absolute Gasteiger partial charge is 0.311 e. The zero-order valence-corrected chi connectivity index (χ0v) is 16.4. The molecule has 0 spiro atoms. The predicted octanol–water partition coefficient (Wildman–Crippen LogP) is 3.79. The van der Waals surface area contributed by atoms with Crippen molar-refractivity contribution in [3.63, 3.8) is 0 Å². The molecule has 1 aromatic heterocycles. The highest BCUT2D eigenvalue weighted by Gasteiger charge is 2.26. The van der Waals surface area contributed by atoms with Gasteiger partial charge in [0.2, 0.25) is 5.91 Å². The van der Waals surface area contributed by atoms with Crippen LogP contribution in [0.2, 0.25) is 0 Å². The highest BCUT2D eigenvalue weighted by atomic mass is 16.1. The number of nitrogens with one attached hydrogen (secondary N) is 1. The molecule has 0 bridgehead atoms. The summed E-state index contributed by atoms with van der Waals surface area (Å²) in [5.74, 6) is 1.49. The highest BCUT2D eigenvalue weighted by Crippen LogP contribution is 2.35. The Morgan fingerprint density at radius 2 is 2.00 bits per heavy atom. The van der Waals surface area contributed by atoms with Gasteiger partial charge in [0.1, 0.15) is 5.82 Å². The number of aryl methyl sites for hydroxylation is 2. The Labute approximate surface area is 161 Å². The van der Waals surface area contributed by atoms with Crippen molar-refractivity contribution in [3.8, 4) is 0 Å². The van der Waals surface area contributed by atoms with E-state index in [1.54, 1.807) is 0 Å². The Hall–Kier alpha value is -2.14. The Bertz CT molecular complexity index is 804. The maximum Gasteiger partial charge on any atom is 0.225 e. The van der Waals surface area contributed by atoms with E-state index in [2.05, 4.69) is 46.6 Å². The van der Waals surface area contributed by atoms with E-state index in [4.69, 9.17) is 0 Å². The second-order valence-electron chi connectivity index (χ2n) is 8.23. The number of fused-ring (bicyclic) bond motifs is 1. The summed E-state index contributed by atoms with van der Waals surface area (Å²) in [6.45, 7) is 4.21. The maximum absolute atomic E-state index is 12.7. The van der Waals surface area contributed by atoms with Crippen molar-refractivity contribution in [2.45, 2.75) is 51.5 Å². The summed E-state index contributed by atoms with van der Waals surface area (Å²) >= 11 is 0. The summed E-state index contributed by atoms with van der Waals surface area (Å²) in [4.78, 5) is 15.1. The molecule has 2 aromatic rings. The number of anilines is 1. The smallest absolute Gasteiger partial charge is 0.225 e. The predicted molar refractivity (Wildman–Crippen MR) is 108 cm³/mol. The molecule has 1 amide bonds. The molecule has 0 radical (unpaired) electrons. The summed E-state index contributed by atoms with van der Waals surface area (Å²) < 4.78 is 2.04. The van der Waals surface area contributed by atoms with Gasteiger partial charge in [0.15, 0.2) is 0 Å². The van der Waals surface area contributed by atoms with Crippen LogP contribution in [0.4, 0.5) is 5.82 Å². The lowest BCUT2D eigenvalue weighted by molar-refractivity contribution is -0.117. The number of amides is 1. The minimum Gasteiger partial charge on any atom is -0.311 e. The van der Waals surface area contributed by atoms with Crippen LogP contribution in [0.25, 0.3) is 0 Å². The summed E-state index contributed by atoms with van der Waals surface area (Å²) in [6, 6.07) is 8.85. The van der Waals surface area contributed by atoms with Crippen LogP contribution in [0, 0.1) is 12.8 Å². The number of hydrogen-bond donors (Lipinski definition) is 1. The van der Waals surface area contributed by atoms with Gasteiger partial charge in [-0.15, -0.1) is 0 Å². The molecule has 1 saturated heterocycles. The summed E-state index contributed by atoms with van der Waals surface area (Å²) in [6.07, 6.45) is 8.06. The number of hydrogen-bond acceptors (Lipinski definition) is 3. The minimum absolute atomic E-state index is 0.124. The lowest BCUT2D eigenvalue weighted by Gasteiger charge is -2.29. The normalized spacial score (nSPS) is 21.0. The molecule has 0 saturated carbocycles. The van der Waals surface area contributed by atoms with Crippen LogP contribution in [-0.4, -0.2) is 40.7 Å². The second-order valence-corrected chi connectivity index (χ2v) is 8.23. The van der Waals surface area contributed by atoms with Gasteiger partial charge in [-0.3, -0.25) is 4.79 Å². The zero-order valence-electron chi connectivity index (χ0n) is 16.4. The van der Waals surface area contributed by atoms with Crippen LogP contribution >= 0.6 is 0 Å². The SMILES string of the molecule is Cc1cnn(C2CCCc3ccccc32)c1NC(=O)CC1CCN(C)CC1. The van der Waals surface area contributed by atoms with Crippen molar-refractivity contribution in [1.82, 2.24) is 14.7 Å². The van der Waals surface area contributed by atoms with Crippen molar-refractivity contribution in [3.05, 3.63) is 47.2 Å². The number of nitrogens with zero attached hydrogens (tertiary/aromatic N) is 3. The molecule has 1 atom stereocenters. The molecule has 144 valence electrons. The number of likely N-dealkylation sites (tertiary alicyclic amines) is 1. The Morgan fingerprint density at radius 1 is 1.22 bits per heavy atom. The first-order chi connectivity index (χ1) is 13.1. The number of carbonyl (C=O) groups is 1. The molecule has 1 N–H and O–H groups in total. The third-order valence-corrected chi connectivity index (χ3v) is 6.18. The topological polar surface area (TPSA) is 50.2 Å². The van der Waals surface area contributed by atoms with Crippen LogP contribution in [-0.2, 0) is 11.2 Å². The number of benzene rings is 1. The third kappa shape index (κ3) is 3.93. The van der Waals surface area contributed by atoms with Crippen molar-refractivity contribution in [2.24, 2.45) is 5.92 Å². The molecule has 5 nitrogen and oxygen atoms in total. The molecule has 1 aliphatic heterocycles. The van der Waals surface area contributed by atoms with Gasteiger partial charge in [-0.1, -0.05) is 24.3 Å². The molecular weight excluding hydrogens is 336 g/mol. The van der Waals surface area contributed by atoms with E-state index >= 15 is 0 Å². The van der Waals surface area contributed by atoms with Gasteiger partial charge in [0.25, 0.3) is 0 Å². The lowest BCUT2D eigenvalue weighted by atomic mass is 9.88.